The van der Waals surface area contributed by atoms with Crippen LogP contribution < -0.4 is 0 Å². The van der Waals surface area contributed by atoms with Gasteiger partial charge in [0.15, 0.2) is 0 Å². The largest absolute Gasteiger partial charge is 0.0848 e. The number of hydrogen-bond donors (Lipinski definition) is 0. The minimum atomic E-state index is -0.0131. The molecule has 0 heteroatoms. The Morgan fingerprint density at radius 1 is 0.789 bits per heavy atom. The minimum absolute atomic E-state index is 0.0131. The van der Waals surface area contributed by atoms with E-state index in [1.54, 1.807) is 0 Å². The molecular weight excluding hydrogens is 228 g/mol. The molecule has 0 saturated carbocycles. The Balaban J connectivity index is 2.77. The van der Waals surface area contributed by atoms with Crippen molar-refractivity contribution in [3.05, 3.63) is 72.9 Å². The molecular formula is C19H26. The van der Waals surface area contributed by atoms with Crippen molar-refractivity contribution in [3.63, 3.8) is 0 Å². The summed E-state index contributed by atoms with van der Waals surface area (Å²) >= 11 is 0. The van der Waals surface area contributed by atoms with Crippen molar-refractivity contribution in [2.75, 3.05) is 0 Å². The number of hydrogen-bond acceptors (Lipinski definition) is 0. The zero-order chi connectivity index (χ0) is 14.2. The van der Waals surface area contributed by atoms with Gasteiger partial charge in [-0.25, -0.2) is 0 Å². The van der Waals surface area contributed by atoms with Gasteiger partial charge in [0.1, 0.15) is 0 Å². The van der Waals surface area contributed by atoms with Crippen LogP contribution in [0.5, 0.6) is 0 Å². The summed E-state index contributed by atoms with van der Waals surface area (Å²) in [6, 6.07) is 0. The van der Waals surface area contributed by atoms with Crippen LogP contribution in [0.2, 0.25) is 0 Å². The molecule has 102 valence electrons. The molecule has 0 aliphatic heterocycles. The van der Waals surface area contributed by atoms with Gasteiger partial charge in [-0.3, -0.25) is 0 Å². The third kappa shape index (κ3) is 6.24. The normalized spacial score (nSPS) is 26.5. The van der Waals surface area contributed by atoms with Gasteiger partial charge < -0.3 is 0 Å². The van der Waals surface area contributed by atoms with Crippen LogP contribution >= 0.6 is 0 Å². The first kappa shape index (κ1) is 15.5. The third-order valence-electron chi connectivity index (χ3n) is 3.12. The molecule has 0 aromatic carbocycles. The lowest BCUT2D eigenvalue weighted by Crippen LogP contribution is -2.10. The van der Waals surface area contributed by atoms with E-state index in [4.69, 9.17) is 0 Å². The molecule has 1 unspecified atom stereocenters. The summed E-state index contributed by atoms with van der Waals surface area (Å²) in [6.45, 7) is 8.81. The summed E-state index contributed by atoms with van der Waals surface area (Å²) in [4.78, 5) is 0. The van der Waals surface area contributed by atoms with Crippen molar-refractivity contribution in [2.24, 2.45) is 10.8 Å². The van der Waals surface area contributed by atoms with E-state index >= 15 is 0 Å². The molecule has 0 saturated heterocycles. The van der Waals surface area contributed by atoms with Gasteiger partial charge in [-0.05, 0) is 13.3 Å². The van der Waals surface area contributed by atoms with Crippen molar-refractivity contribution >= 4 is 0 Å². The highest BCUT2D eigenvalue weighted by molar-refractivity contribution is 5.29. The molecule has 0 aromatic heterocycles. The summed E-state index contributed by atoms with van der Waals surface area (Å²) in [5.41, 5.74) is 0.112. The molecule has 19 heavy (non-hydrogen) atoms. The second kappa shape index (κ2) is 7.13. The molecule has 0 fully saturated rings. The number of rotatable bonds is 4. The lowest BCUT2D eigenvalue weighted by atomic mass is 9.82. The average Bonchev–Trinajstić information content (AvgIpc) is 2.36. The summed E-state index contributed by atoms with van der Waals surface area (Å²) in [5, 5.41) is 0. The van der Waals surface area contributed by atoms with E-state index in [0.29, 0.717) is 0 Å². The van der Waals surface area contributed by atoms with E-state index in [0.717, 1.165) is 6.42 Å². The van der Waals surface area contributed by atoms with Gasteiger partial charge in [0.25, 0.3) is 0 Å². The van der Waals surface area contributed by atoms with Crippen LogP contribution in [0.3, 0.4) is 0 Å². The van der Waals surface area contributed by atoms with Gasteiger partial charge in [-0.1, -0.05) is 93.7 Å². The highest BCUT2D eigenvalue weighted by atomic mass is 14.2. The summed E-state index contributed by atoms with van der Waals surface area (Å²) in [7, 11) is 0. The van der Waals surface area contributed by atoms with Crippen LogP contribution in [0.15, 0.2) is 72.9 Å². The Kier molecular flexibility index (Phi) is 5.82. The van der Waals surface area contributed by atoms with Crippen molar-refractivity contribution in [1.82, 2.24) is 0 Å². The molecule has 0 N–H and O–H groups in total. The fourth-order valence-electron chi connectivity index (χ4n) is 1.79. The molecule has 0 radical (unpaired) electrons. The van der Waals surface area contributed by atoms with Crippen LogP contribution in [-0.2, 0) is 0 Å². The Morgan fingerprint density at radius 2 is 1.47 bits per heavy atom. The Bertz CT molecular complexity index is 439. The van der Waals surface area contributed by atoms with Gasteiger partial charge in [0.05, 0.1) is 0 Å². The van der Waals surface area contributed by atoms with Gasteiger partial charge >= 0.3 is 0 Å². The molecule has 0 aromatic rings. The highest BCUT2D eigenvalue weighted by Gasteiger charge is 2.17. The zero-order valence-corrected chi connectivity index (χ0v) is 12.6. The molecule has 1 aliphatic rings. The van der Waals surface area contributed by atoms with Gasteiger partial charge in [0, 0.05) is 10.8 Å². The second-order valence-corrected chi connectivity index (χ2v) is 5.82. The topological polar surface area (TPSA) is 0 Å². The Labute approximate surface area is 118 Å². The second-order valence-electron chi connectivity index (χ2n) is 5.82. The maximum atomic E-state index is 2.28. The summed E-state index contributed by atoms with van der Waals surface area (Å²) in [6.07, 6.45) is 27.1. The van der Waals surface area contributed by atoms with E-state index in [1.807, 2.05) is 0 Å². The SMILES string of the molecule is CCC=CC=CC=CC1(C)C=CC=CC(C)(C)C=C1. The van der Waals surface area contributed by atoms with Crippen molar-refractivity contribution in [3.8, 4) is 0 Å². The van der Waals surface area contributed by atoms with Crippen LogP contribution in [0, 0.1) is 10.8 Å². The molecule has 0 amide bonds. The van der Waals surface area contributed by atoms with Gasteiger partial charge in [-0.2, -0.15) is 0 Å². The lowest BCUT2D eigenvalue weighted by Gasteiger charge is -2.22. The van der Waals surface area contributed by atoms with Crippen LogP contribution in [0.1, 0.15) is 34.1 Å². The van der Waals surface area contributed by atoms with Gasteiger partial charge in [0.2, 0.25) is 0 Å². The van der Waals surface area contributed by atoms with Crippen LogP contribution in [0.4, 0.5) is 0 Å². The predicted molar refractivity (Wildman–Crippen MR) is 87.0 cm³/mol. The average molecular weight is 254 g/mol. The number of allylic oxidation sites excluding steroid dienone is 12. The summed E-state index contributed by atoms with van der Waals surface area (Å²) in [5.74, 6) is 0. The highest BCUT2D eigenvalue weighted by Crippen LogP contribution is 2.29. The van der Waals surface area contributed by atoms with E-state index < -0.39 is 0 Å². The van der Waals surface area contributed by atoms with E-state index in [1.165, 1.54) is 0 Å². The molecule has 1 aliphatic carbocycles. The quantitative estimate of drug-likeness (QED) is 0.440. The summed E-state index contributed by atoms with van der Waals surface area (Å²) < 4.78 is 0. The van der Waals surface area contributed by atoms with Crippen molar-refractivity contribution in [2.45, 2.75) is 34.1 Å². The monoisotopic (exact) mass is 254 g/mol. The molecule has 0 nitrogen and oxygen atoms in total. The van der Waals surface area contributed by atoms with Crippen LogP contribution in [-0.4, -0.2) is 0 Å². The van der Waals surface area contributed by atoms with Crippen molar-refractivity contribution < 1.29 is 0 Å². The standard InChI is InChI=1S/C19H26/c1-5-6-7-8-9-10-14-19(4)15-12-11-13-18(2,3)16-17-19/h6-17H,5H2,1-4H3. The molecule has 0 spiro atoms. The third-order valence-corrected chi connectivity index (χ3v) is 3.12. The Morgan fingerprint density at radius 3 is 2.21 bits per heavy atom. The lowest BCUT2D eigenvalue weighted by molar-refractivity contribution is 0.603. The molecule has 1 atom stereocenters. The first-order valence-corrected chi connectivity index (χ1v) is 7.06. The van der Waals surface area contributed by atoms with Crippen molar-refractivity contribution in [1.29, 1.82) is 0 Å². The first-order valence-electron chi connectivity index (χ1n) is 7.06. The van der Waals surface area contributed by atoms with Gasteiger partial charge in [-0.15, -0.1) is 0 Å². The predicted octanol–water partition coefficient (Wildman–Crippen LogP) is 5.78. The fraction of sp³-hybridized carbons (Fsp3) is 0.368. The smallest absolute Gasteiger partial charge is 0.0219 e. The maximum Gasteiger partial charge on any atom is 0.0219 e. The molecule has 0 bridgehead atoms. The zero-order valence-electron chi connectivity index (χ0n) is 12.6. The van der Waals surface area contributed by atoms with E-state index in [2.05, 4.69) is 101 Å². The minimum Gasteiger partial charge on any atom is -0.0848 e. The maximum absolute atomic E-state index is 2.28. The molecule has 1 rings (SSSR count). The first-order chi connectivity index (χ1) is 8.97. The van der Waals surface area contributed by atoms with E-state index in [-0.39, 0.29) is 10.8 Å². The van der Waals surface area contributed by atoms with E-state index in [9.17, 15) is 0 Å². The molecule has 0 heterocycles. The fourth-order valence-corrected chi connectivity index (χ4v) is 1.79. The Hall–Kier alpha value is -1.56. The van der Waals surface area contributed by atoms with Crippen LogP contribution in [0.25, 0.3) is 0 Å².